The standard InChI is InChI=1S/C15H11BO/c16-14-9-7-13(8-10-14)15(17)11-6-12-4-2-1-3-5-12/h1-11H. The first-order valence-corrected chi connectivity index (χ1v) is 5.39. The van der Waals surface area contributed by atoms with Crippen LogP contribution < -0.4 is 5.46 Å². The Labute approximate surface area is 102 Å². The highest BCUT2D eigenvalue weighted by molar-refractivity contribution is 6.32. The molecular weight excluding hydrogens is 207 g/mol. The van der Waals surface area contributed by atoms with Gasteiger partial charge in [-0.25, -0.2) is 0 Å². The second kappa shape index (κ2) is 5.31. The van der Waals surface area contributed by atoms with Crippen molar-refractivity contribution in [2.45, 2.75) is 0 Å². The summed E-state index contributed by atoms with van der Waals surface area (Å²) in [5.74, 6) is -0.0196. The van der Waals surface area contributed by atoms with Crippen LogP contribution in [0.25, 0.3) is 6.08 Å². The van der Waals surface area contributed by atoms with Crippen LogP contribution in [-0.4, -0.2) is 13.6 Å². The van der Waals surface area contributed by atoms with Gasteiger partial charge >= 0.3 is 0 Å². The van der Waals surface area contributed by atoms with E-state index >= 15 is 0 Å². The van der Waals surface area contributed by atoms with Gasteiger partial charge in [0, 0.05) is 5.56 Å². The van der Waals surface area contributed by atoms with Crippen molar-refractivity contribution in [3.05, 3.63) is 71.8 Å². The van der Waals surface area contributed by atoms with E-state index in [0.29, 0.717) is 11.0 Å². The van der Waals surface area contributed by atoms with Crippen molar-refractivity contribution < 1.29 is 4.79 Å². The average Bonchev–Trinajstić information content (AvgIpc) is 2.38. The van der Waals surface area contributed by atoms with Crippen LogP contribution in [0.5, 0.6) is 0 Å². The van der Waals surface area contributed by atoms with Crippen molar-refractivity contribution in [2.75, 3.05) is 0 Å². The van der Waals surface area contributed by atoms with Crippen molar-refractivity contribution >= 4 is 25.2 Å². The van der Waals surface area contributed by atoms with E-state index in [2.05, 4.69) is 0 Å². The Bertz CT molecular complexity index is 527. The Morgan fingerprint density at radius 2 is 1.59 bits per heavy atom. The first-order chi connectivity index (χ1) is 8.25. The molecule has 0 fully saturated rings. The largest absolute Gasteiger partial charge is 0.289 e. The van der Waals surface area contributed by atoms with Crippen molar-refractivity contribution in [3.63, 3.8) is 0 Å². The van der Waals surface area contributed by atoms with Gasteiger partial charge in [-0.2, -0.15) is 0 Å². The molecule has 80 valence electrons. The fourth-order valence-corrected chi connectivity index (χ4v) is 1.48. The molecule has 0 aliphatic rings. The van der Waals surface area contributed by atoms with E-state index in [0.717, 1.165) is 5.56 Å². The van der Waals surface area contributed by atoms with Crippen molar-refractivity contribution in [1.29, 1.82) is 0 Å². The molecule has 0 saturated carbocycles. The minimum Gasteiger partial charge on any atom is -0.289 e. The van der Waals surface area contributed by atoms with Gasteiger partial charge in [-0.05, 0) is 11.6 Å². The second-order valence-electron chi connectivity index (χ2n) is 3.73. The van der Waals surface area contributed by atoms with Gasteiger partial charge in [0.1, 0.15) is 7.85 Å². The molecule has 0 N–H and O–H groups in total. The van der Waals surface area contributed by atoms with Gasteiger partial charge in [0.15, 0.2) is 5.78 Å². The summed E-state index contributed by atoms with van der Waals surface area (Å²) < 4.78 is 0. The molecule has 0 aliphatic carbocycles. The molecule has 2 aromatic rings. The van der Waals surface area contributed by atoms with Crippen LogP contribution in [0.15, 0.2) is 60.7 Å². The van der Waals surface area contributed by atoms with Crippen LogP contribution in [0.1, 0.15) is 15.9 Å². The highest BCUT2D eigenvalue weighted by Gasteiger charge is 1.99. The Kier molecular flexibility index (Phi) is 3.56. The van der Waals surface area contributed by atoms with Crippen LogP contribution in [0.3, 0.4) is 0 Å². The quantitative estimate of drug-likeness (QED) is 0.439. The van der Waals surface area contributed by atoms with E-state index in [1.165, 1.54) is 0 Å². The van der Waals surface area contributed by atoms with Crippen LogP contribution in [-0.2, 0) is 0 Å². The smallest absolute Gasteiger partial charge is 0.185 e. The summed E-state index contributed by atoms with van der Waals surface area (Å²) >= 11 is 0. The molecule has 2 radical (unpaired) electrons. The highest BCUT2D eigenvalue weighted by Crippen LogP contribution is 2.04. The summed E-state index contributed by atoms with van der Waals surface area (Å²) in [6.45, 7) is 0. The Morgan fingerprint density at radius 3 is 2.24 bits per heavy atom. The van der Waals surface area contributed by atoms with Crippen molar-refractivity contribution in [2.24, 2.45) is 0 Å². The molecule has 0 atom stereocenters. The van der Waals surface area contributed by atoms with Crippen LogP contribution in [0.4, 0.5) is 0 Å². The van der Waals surface area contributed by atoms with Gasteiger partial charge in [0.05, 0.1) is 0 Å². The molecule has 0 bridgehead atoms. The molecule has 0 aliphatic heterocycles. The molecule has 0 heterocycles. The topological polar surface area (TPSA) is 17.1 Å². The minimum atomic E-state index is -0.0196. The zero-order chi connectivity index (χ0) is 12.1. The highest BCUT2D eigenvalue weighted by atomic mass is 16.1. The maximum Gasteiger partial charge on any atom is 0.185 e. The third-order valence-electron chi connectivity index (χ3n) is 2.42. The first-order valence-electron chi connectivity index (χ1n) is 5.39. The minimum absolute atomic E-state index is 0.0196. The monoisotopic (exact) mass is 218 g/mol. The third-order valence-corrected chi connectivity index (χ3v) is 2.42. The number of rotatable bonds is 3. The Morgan fingerprint density at radius 1 is 0.941 bits per heavy atom. The number of ketones is 1. The SMILES string of the molecule is [B]c1ccc(C(=O)C=Cc2ccccc2)cc1. The number of benzene rings is 2. The summed E-state index contributed by atoms with van der Waals surface area (Å²) in [7, 11) is 5.56. The van der Waals surface area contributed by atoms with Gasteiger partial charge < -0.3 is 0 Å². The molecule has 0 aromatic heterocycles. The summed E-state index contributed by atoms with van der Waals surface area (Å²) in [6, 6.07) is 16.6. The number of hydrogen-bond donors (Lipinski definition) is 0. The van der Waals surface area contributed by atoms with Gasteiger partial charge in [0.25, 0.3) is 0 Å². The predicted molar refractivity (Wildman–Crippen MR) is 71.6 cm³/mol. The molecule has 2 heteroatoms. The van der Waals surface area contributed by atoms with Crippen molar-refractivity contribution in [1.82, 2.24) is 0 Å². The van der Waals surface area contributed by atoms with E-state index < -0.39 is 0 Å². The summed E-state index contributed by atoms with van der Waals surface area (Å²) in [5.41, 5.74) is 2.32. The number of allylic oxidation sites excluding steroid dienone is 1. The maximum absolute atomic E-state index is 11.8. The Balaban J connectivity index is 2.12. The lowest BCUT2D eigenvalue weighted by molar-refractivity contribution is 0.104. The van der Waals surface area contributed by atoms with Crippen LogP contribution >= 0.6 is 0 Å². The second-order valence-corrected chi connectivity index (χ2v) is 3.73. The molecular formula is C15H11BO. The van der Waals surface area contributed by atoms with Gasteiger partial charge in [-0.15, -0.1) is 0 Å². The zero-order valence-corrected chi connectivity index (χ0v) is 9.34. The average molecular weight is 218 g/mol. The van der Waals surface area contributed by atoms with Crippen LogP contribution in [0, 0.1) is 0 Å². The van der Waals surface area contributed by atoms with Crippen molar-refractivity contribution in [3.8, 4) is 0 Å². The molecule has 2 aromatic carbocycles. The van der Waals surface area contributed by atoms with E-state index in [9.17, 15) is 4.79 Å². The lowest BCUT2D eigenvalue weighted by Gasteiger charge is -1.97. The summed E-state index contributed by atoms with van der Waals surface area (Å²) in [4.78, 5) is 11.8. The fraction of sp³-hybridized carbons (Fsp3) is 0. The third kappa shape index (κ3) is 3.18. The molecule has 0 spiro atoms. The summed E-state index contributed by atoms with van der Waals surface area (Å²) in [5, 5.41) is 0. The van der Waals surface area contributed by atoms with E-state index in [1.807, 2.05) is 30.3 Å². The van der Waals surface area contributed by atoms with E-state index in [-0.39, 0.29) is 5.78 Å². The van der Waals surface area contributed by atoms with Gasteiger partial charge in [0.2, 0.25) is 0 Å². The van der Waals surface area contributed by atoms with Crippen LogP contribution in [0.2, 0.25) is 0 Å². The van der Waals surface area contributed by atoms with Gasteiger partial charge in [-0.1, -0.05) is 66.1 Å². The summed E-state index contributed by atoms with van der Waals surface area (Å²) in [6.07, 6.45) is 3.37. The number of hydrogen-bond acceptors (Lipinski definition) is 1. The number of carbonyl (C=O) groups is 1. The fourth-order valence-electron chi connectivity index (χ4n) is 1.48. The predicted octanol–water partition coefficient (Wildman–Crippen LogP) is 2.38. The van der Waals surface area contributed by atoms with E-state index in [4.69, 9.17) is 7.85 Å². The Hall–Kier alpha value is -2.09. The molecule has 0 amide bonds. The van der Waals surface area contributed by atoms with E-state index in [1.54, 1.807) is 36.4 Å². The lowest BCUT2D eigenvalue weighted by atomic mass is 9.94. The lowest BCUT2D eigenvalue weighted by Crippen LogP contribution is -2.02. The maximum atomic E-state index is 11.8. The zero-order valence-electron chi connectivity index (χ0n) is 9.34. The molecule has 2 rings (SSSR count). The molecule has 1 nitrogen and oxygen atoms in total. The molecule has 0 saturated heterocycles. The molecule has 0 unspecified atom stereocenters. The first kappa shape index (κ1) is 11.4. The number of carbonyl (C=O) groups excluding carboxylic acids is 1. The van der Waals surface area contributed by atoms with Gasteiger partial charge in [-0.3, -0.25) is 4.79 Å². The normalized spacial score (nSPS) is 10.6. The molecule has 17 heavy (non-hydrogen) atoms.